The van der Waals surface area contributed by atoms with E-state index in [1.807, 2.05) is 25.1 Å². The standard InChI is InChI=1S/C14H21NO2/c1-10(2)7-12(15)8-11-5-6-13(16-3)14(9-11)17-4/h5-6,9,12H,1,7-8,15H2,2-4H3. The summed E-state index contributed by atoms with van der Waals surface area (Å²) in [4.78, 5) is 0. The molecule has 0 aromatic heterocycles. The van der Waals surface area contributed by atoms with Crippen LogP contribution in [0, 0.1) is 0 Å². The van der Waals surface area contributed by atoms with Crippen molar-refractivity contribution in [3.8, 4) is 11.5 Å². The lowest BCUT2D eigenvalue weighted by Gasteiger charge is -2.13. The number of methoxy groups -OCH3 is 2. The van der Waals surface area contributed by atoms with Crippen LogP contribution in [0.2, 0.25) is 0 Å². The van der Waals surface area contributed by atoms with Crippen molar-refractivity contribution in [3.05, 3.63) is 35.9 Å². The molecule has 0 fully saturated rings. The minimum Gasteiger partial charge on any atom is -0.493 e. The summed E-state index contributed by atoms with van der Waals surface area (Å²) in [7, 11) is 3.26. The third-order valence-corrected chi connectivity index (χ3v) is 2.56. The normalized spacial score (nSPS) is 12.0. The molecule has 0 saturated heterocycles. The summed E-state index contributed by atoms with van der Waals surface area (Å²) >= 11 is 0. The second kappa shape index (κ2) is 6.30. The fourth-order valence-corrected chi connectivity index (χ4v) is 1.83. The van der Waals surface area contributed by atoms with Crippen LogP contribution in [0.15, 0.2) is 30.4 Å². The Hall–Kier alpha value is -1.48. The second-order valence-electron chi connectivity index (χ2n) is 4.31. The highest BCUT2D eigenvalue weighted by Crippen LogP contribution is 2.28. The van der Waals surface area contributed by atoms with Gasteiger partial charge in [0.25, 0.3) is 0 Å². The number of ether oxygens (including phenoxy) is 2. The van der Waals surface area contributed by atoms with Gasteiger partial charge in [-0.15, -0.1) is 6.58 Å². The first-order valence-electron chi connectivity index (χ1n) is 5.67. The number of rotatable bonds is 6. The number of hydrogen-bond donors (Lipinski definition) is 1. The van der Waals surface area contributed by atoms with Crippen LogP contribution in [0.1, 0.15) is 18.9 Å². The summed E-state index contributed by atoms with van der Waals surface area (Å²) in [6.45, 7) is 5.87. The van der Waals surface area contributed by atoms with Crippen molar-refractivity contribution in [2.24, 2.45) is 5.73 Å². The maximum Gasteiger partial charge on any atom is 0.160 e. The number of nitrogens with two attached hydrogens (primary N) is 1. The molecule has 17 heavy (non-hydrogen) atoms. The Labute approximate surface area is 103 Å². The van der Waals surface area contributed by atoms with E-state index in [9.17, 15) is 0 Å². The van der Waals surface area contributed by atoms with E-state index >= 15 is 0 Å². The fraction of sp³-hybridized carbons (Fsp3) is 0.429. The number of benzene rings is 1. The first-order valence-corrected chi connectivity index (χ1v) is 5.67. The minimum atomic E-state index is 0.102. The Morgan fingerprint density at radius 2 is 1.94 bits per heavy atom. The quantitative estimate of drug-likeness (QED) is 0.771. The van der Waals surface area contributed by atoms with Crippen molar-refractivity contribution < 1.29 is 9.47 Å². The SMILES string of the molecule is C=C(C)CC(N)Cc1ccc(OC)c(OC)c1. The maximum absolute atomic E-state index is 6.04. The van der Waals surface area contributed by atoms with Crippen molar-refractivity contribution in [2.75, 3.05) is 14.2 Å². The summed E-state index contributed by atoms with van der Waals surface area (Å²) in [6.07, 6.45) is 1.65. The Balaban J connectivity index is 2.75. The molecular formula is C14H21NO2. The van der Waals surface area contributed by atoms with E-state index in [-0.39, 0.29) is 6.04 Å². The molecule has 1 unspecified atom stereocenters. The minimum absolute atomic E-state index is 0.102. The number of hydrogen-bond acceptors (Lipinski definition) is 3. The van der Waals surface area contributed by atoms with Gasteiger partial charge < -0.3 is 15.2 Å². The van der Waals surface area contributed by atoms with Gasteiger partial charge in [-0.25, -0.2) is 0 Å². The van der Waals surface area contributed by atoms with E-state index in [4.69, 9.17) is 15.2 Å². The largest absolute Gasteiger partial charge is 0.493 e. The summed E-state index contributed by atoms with van der Waals surface area (Å²) in [5, 5.41) is 0. The van der Waals surface area contributed by atoms with Gasteiger partial charge in [0.1, 0.15) is 0 Å². The van der Waals surface area contributed by atoms with Crippen LogP contribution in [0.3, 0.4) is 0 Å². The average molecular weight is 235 g/mol. The molecule has 0 aliphatic rings. The van der Waals surface area contributed by atoms with Crippen molar-refractivity contribution in [3.63, 3.8) is 0 Å². The molecule has 0 spiro atoms. The molecule has 1 aromatic rings. The summed E-state index contributed by atoms with van der Waals surface area (Å²) in [5.41, 5.74) is 8.29. The molecule has 0 bridgehead atoms. The van der Waals surface area contributed by atoms with Crippen LogP contribution >= 0.6 is 0 Å². The predicted octanol–water partition coefficient (Wildman–Crippen LogP) is 2.54. The van der Waals surface area contributed by atoms with E-state index in [0.717, 1.165) is 35.5 Å². The lowest BCUT2D eigenvalue weighted by Crippen LogP contribution is -2.22. The molecule has 0 aliphatic heterocycles. The fourth-order valence-electron chi connectivity index (χ4n) is 1.83. The van der Waals surface area contributed by atoms with Gasteiger partial charge in [0.15, 0.2) is 11.5 Å². The molecule has 1 aromatic carbocycles. The second-order valence-corrected chi connectivity index (χ2v) is 4.31. The van der Waals surface area contributed by atoms with Crippen LogP contribution in [-0.4, -0.2) is 20.3 Å². The monoisotopic (exact) mass is 235 g/mol. The van der Waals surface area contributed by atoms with Gasteiger partial charge in [0.05, 0.1) is 14.2 Å². The topological polar surface area (TPSA) is 44.5 Å². The molecule has 3 heteroatoms. The third-order valence-electron chi connectivity index (χ3n) is 2.56. The molecule has 0 saturated carbocycles. The molecule has 94 valence electrons. The Kier molecular flexibility index (Phi) is 5.04. The van der Waals surface area contributed by atoms with Crippen molar-refractivity contribution in [1.82, 2.24) is 0 Å². The van der Waals surface area contributed by atoms with Crippen LogP contribution < -0.4 is 15.2 Å². The predicted molar refractivity (Wildman–Crippen MR) is 70.7 cm³/mol. The third kappa shape index (κ3) is 4.11. The Morgan fingerprint density at radius 3 is 2.47 bits per heavy atom. The zero-order valence-corrected chi connectivity index (χ0v) is 10.8. The summed E-state index contributed by atoms with van der Waals surface area (Å²) in [5.74, 6) is 1.48. The van der Waals surface area contributed by atoms with Crippen molar-refractivity contribution in [2.45, 2.75) is 25.8 Å². The van der Waals surface area contributed by atoms with E-state index < -0.39 is 0 Å². The van der Waals surface area contributed by atoms with Gasteiger partial charge in [-0.3, -0.25) is 0 Å². The highest BCUT2D eigenvalue weighted by molar-refractivity contribution is 5.43. The van der Waals surface area contributed by atoms with Crippen molar-refractivity contribution >= 4 is 0 Å². The van der Waals surface area contributed by atoms with Crippen molar-refractivity contribution in [1.29, 1.82) is 0 Å². The van der Waals surface area contributed by atoms with Crippen LogP contribution in [-0.2, 0) is 6.42 Å². The van der Waals surface area contributed by atoms with Gasteiger partial charge >= 0.3 is 0 Å². The molecule has 0 heterocycles. The highest BCUT2D eigenvalue weighted by Gasteiger charge is 2.08. The summed E-state index contributed by atoms with van der Waals surface area (Å²) < 4.78 is 10.4. The van der Waals surface area contributed by atoms with E-state index in [0.29, 0.717) is 0 Å². The summed E-state index contributed by atoms with van der Waals surface area (Å²) in [6, 6.07) is 5.99. The first kappa shape index (κ1) is 13.6. The van der Waals surface area contributed by atoms with Crippen LogP contribution in [0.4, 0.5) is 0 Å². The molecule has 1 atom stereocenters. The zero-order valence-electron chi connectivity index (χ0n) is 10.8. The smallest absolute Gasteiger partial charge is 0.160 e. The van der Waals surface area contributed by atoms with Gasteiger partial charge in [0.2, 0.25) is 0 Å². The molecule has 3 nitrogen and oxygen atoms in total. The van der Waals surface area contributed by atoms with Crippen LogP contribution in [0.25, 0.3) is 0 Å². The highest BCUT2D eigenvalue weighted by atomic mass is 16.5. The lowest BCUT2D eigenvalue weighted by atomic mass is 10.0. The molecule has 2 N–H and O–H groups in total. The molecular weight excluding hydrogens is 214 g/mol. The zero-order chi connectivity index (χ0) is 12.8. The Morgan fingerprint density at radius 1 is 1.29 bits per heavy atom. The molecule has 0 radical (unpaired) electrons. The van der Waals surface area contributed by atoms with Gasteiger partial charge in [-0.1, -0.05) is 11.6 Å². The van der Waals surface area contributed by atoms with Gasteiger partial charge in [-0.2, -0.15) is 0 Å². The first-order chi connectivity index (χ1) is 8.06. The Bertz CT molecular complexity index is 388. The maximum atomic E-state index is 6.04. The molecule has 0 amide bonds. The van der Waals surface area contributed by atoms with Gasteiger partial charge in [-0.05, 0) is 37.5 Å². The van der Waals surface area contributed by atoms with E-state index in [2.05, 4.69) is 6.58 Å². The average Bonchev–Trinajstić information content (AvgIpc) is 2.27. The molecule has 0 aliphatic carbocycles. The van der Waals surface area contributed by atoms with E-state index in [1.165, 1.54) is 0 Å². The molecule has 1 rings (SSSR count). The van der Waals surface area contributed by atoms with E-state index in [1.54, 1.807) is 14.2 Å². The van der Waals surface area contributed by atoms with Gasteiger partial charge in [0, 0.05) is 6.04 Å². The van der Waals surface area contributed by atoms with Crippen LogP contribution in [0.5, 0.6) is 11.5 Å². The lowest BCUT2D eigenvalue weighted by molar-refractivity contribution is 0.354.